The zero-order valence-electron chi connectivity index (χ0n) is 12.3. The number of thioether (sulfide) groups is 1. The predicted octanol–water partition coefficient (Wildman–Crippen LogP) is 4.65. The van der Waals surface area contributed by atoms with E-state index in [0.717, 1.165) is 12.5 Å². The van der Waals surface area contributed by atoms with E-state index in [4.69, 9.17) is 0 Å². The summed E-state index contributed by atoms with van der Waals surface area (Å²) in [5.41, 5.74) is 1.41. The van der Waals surface area contributed by atoms with Crippen molar-refractivity contribution >= 4 is 11.8 Å². The topological polar surface area (TPSA) is 12.0 Å². The van der Waals surface area contributed by atoms with Crippen molar-refractivity contribution in [3.63, 3.8) is 0 Å². The quantitative estimate of drug-likeness (QED) is 0.660. The molecule has 1 aromatic carbocycles. The van der Waals surface area contributed by atoms with Gasteiger partial charge in [0, 0.05) is 16.7 Å². The van der Waals surface area contributed by atoms with Crippen LogP contribution in [-0.4, -0.2) is 18.3 Å². The van der Waals surface area contributed by atoms with Gasteiger partial charge in [-0.05, 0) is 50.3 Å². The van der Waals surface area contributed by atoms with Crippen LogP contribution in [0.25, 0.3) is 0 Å². The van der Waals surface area contributed by atoms with E-state index in [1.165, 1.54) is 48.3 Å². The van der Waals surface area contributed by atoms with Crippen LogP contribution in [0.3, 0.4) is 0 Å². The summed E-state index contributed by atoms with van der Waals surface area (Å²) in [5, 5.41) is 3.72. The molecule has 1 nitrogen and oxygen atoms in total. The molecule has 1 aliphatic rings. The lowest BCUT2D eigenvalue weighted by molar-refractivity contribution is 0.489. The molecule has 1 fully saturated rings. The first-order valence-corrected chi connectivity index (χ1v) is 8.70. The molecule has 1 aromatic rings. The number of rotatable bonds is 9. The minimum atomic E-state index is 0.685. The predicted molar refractivity (Wildman–Crippen MR) is 85.9 cm³/mol. The SMILES string of the molecule is CCCNC(CCC1CC1)CSc1ccccc1C. The molecule has 1 aliphatic carbocycles. The Morgan fingerprint density at radius 1 is 1.32 bits per heavy atom. The van der Waals surface area contributed by atoms with E-state index in [-0.39, 0.29) is 0 Å². The van der Waals surface area contributed by atoms with E-state index in [1.54, 1.807) is 0 Å². The highest BCUT2D eigenvalue weighted by Crippen LogP contribution is 2.34. The molecule has 2 heteroatoms. The second-order valence-corrected chi connectivity index (χ2v) is 6.81. The molecule has 1 atom stereocenters. The molecule has 19 heavy (non-hydrogen) atoms. The Morgan fingerprint density at radius 2 is 2.11 bits per heavy atom. The van der Waals surface area contributed by atoms with Crippen molar-refractivity contribution in [2.45, 2.75) is 56.9 Å². The number of nitrogens with one attached hydrogen (secondary N) is 1. The Morgan fingerprint density at radius 3 is 2.79 bits per heavy atom. The molecule has 2 rings (SSSR count). The van der Waals surface area contributed by atoms with Gasteiger partial charge >= 0.3 is 0 Å². The Kier molecular flexibility index (Phi) is 6.25. The Bertz CT molecular complexity index is 373. The minimum Gasteiger partial charge on any atom is -0.313 e. The fraction of sp³-hybridized carbons (Fsp3) is 0.647. The largest absolute Gasteiger partial charge is 0.313 e. The summed E-state index contributed by atoms with van der Waals surface area (Å²) in [6.45, 7) is 5.62. The molecule has 0 amide bonds. The third-order valence-electron chi connectivity index (χ3n) is 3.84. The summed E-state index contributed by atoms with van der Waals surface area (Å²) in [6, 6.07) is 9.41. The van der Waals surface area contributed by atoms with Gasteiger partial charge < -0.3 is 5.32 Å². The van der Waals surface area contributed by atoms with Crippen LogP contribution in [0.1, 0.15) is 44.6 Å². The van der Waals surface area contributed by atoms with Gasteiger partial charge in [-0.15, -0.1) is 11.8 Å². The summed E-state index contributed by atoms with van der Waals surface area (Å²) in [6.07, 6.45) is 6.96. The van der Waals surface area contributed by atoms with Crippen LogP contribution >= 0.6 is 11.8 Å². The second-order valence-electron chi connectivity index (χ2n) is 5.75. The zero-order valence-corrected chi connectivity index (χ0v) is 13.1. The summed E-state index contributed by atoms with van der Waals surface area (Å²) >= 11 is 2.02. The van der Waals surface area contributed by atoms with E-state index in [2.05, 4.69) is 43.4 Å². The standard InChI is InChI=1S/C17H27NS/c1-3-12-18-16(11-10-15-8-9-15)13-19-17-7-5-4-6-14(17)2/h4-7,15-16,18H,3,8-13H2,1-2H3. The summed E-state index contributed by atoms with van der Waals surface area (Å²) in [4.78, 5) is 1.44. The fourth-order valence-corrected chi connectivity index (χ4v) is 3.48. The maximum absolute atomic E-state index is 3.72. The Balaban J connectivity index is 1.78. The molecule has 1 N–H and O–H groups in total. The van der Waals surface area contributed by atoms with Crippen molar-refractivity contribution in [3.8, 4) is 0 Å². The molecule has 0 saturated heterocycles. The molecule has 0 heterocycles. The molecule has 106 valence electrons. The maximum Gasteiger partial charge on any atom is 0.0161 e. The Hall–Kier alpha value is -0.470. The first-order chi connectivity index (χ1) is 9.29. The smallest absolute Gasteiger partial charge is 0.0161 e. The lowest BCUT2D eigenvalue weighted by Gasteiger charge is -2.18. The van der Waals surface area contributed by atoms with Gasteiger partial charge in [-0.3, -0.25) is 0 Å². The summed E-state index contributed by atoms with van der Waals surface area (Å²) in [7, 11) is 0. The van der Waals surface area contributed by atoms with Gasteiger partial charge in [0.25, 0.3) is 0 Å². The number of aryl methyl sites for hydroxylation is 1. The lowest BCUT2D eigenvalue weighted by atomic mass is 10.1. The van der Waals surface area contributed by atoms with Gasteiger partial charge in [-0.1, -0.05) is 38.0 Å². The summed E-state index contributed by atoms with van der Waals surface area (Å²) < 4.78 is 0. The van der Waals surface area contributed by atoms with E-state index in [1.807, 2.05) is 11.8 Å². The number of hydrogen-bond donors (Lipinski definition) is 1. The zero-order chi connectivity index (χ0) is 13.5. The molecule has 0 aromatic heterocycles. The first kappa shape index (κ1) is 14.9. The van der Waals surface area contributed by atoms with Crippen molar-refractivity contribution in [2.24, 2.45) is 5.92 Å². The third kappa shape index (κ3) is 5.58. The van der Waals surface area contributed by atoms with Crippen LogP contribution in [0.4, 0.5) is 0 Å². The highest BCUT2D eigenvalue weighted by atomic mass is 32.2. The van der Waals surface area contributed by atoms with E-state index < -0.39 is 0 Å². The maximum atomic E-state index is 3.72. The van der Waals surface area contributed by atoms with Crippen molar-refractivity contribution < 1.29 is 0 Å². The van der Waals surface area contributed by atoms with Crippen LogP contribution in [0.2, 0.25) is 0 Å². The first-order valence-electron chi connectivity index (χ1n) is 7.71. The molecular weight excluding hydrogens is 250 g/mol. The van der Waals surface area contributed by atoms with Crippen molar-refractivity contribution in [2.75, 3.05) is 12.3 Å². The van der Waals surface area contributed by atoms with Crippen molar-refractivity contribution in [3.05, 3.63) is 29.8 Å². The van der Waals surface area contributed by atoms with E-state index >= 15 is 0 Å². The molecule has 0 bridgehead atoms. The highest BCUT2D eigenvalue weighted by molar-refractivity contribution is 7.99. The average Bonchev–Trinajstić information content (AvgIpc) is 3.24. The van der Waals surface area contributed by atoms with Gasteiger partial charge in [0.1, 0.15) is 0 Å². The lowest BCUT2D eigenvalue weighted by Crippen LogP contribution is -2.32. The molecular formula is C17H27NS. The van der Waals surface area contributed by atoms with E-state index in [0.29, 0.717) is 6.04 Å². The Labute approximate surface area is 122 Å². The van der Waals surface area contributed by atoms with Gasteiger partial charge in [-0.25, -0.2) is 0 Å². The summed E-state index contributed by atoms with van der Waals surface area (Å²) in [5.74, 6) is 2.26. The monoisotopic (exact) mass is 277 g/mol. The van der Waals surface area contributed by atoms with Crippen LogP contribution in [0, 0.1) is 12.8 Å². The van der Waals surface area contributed by atoms with Gasteiger partial charge in [-0.2, -0.15) is 0 Å². The van der Waals surface area contributed by atoms with Crippen LogP contribution in [0.5, 0.6) is 0 Å². The average molecular weight is 277 g/mol. The van der Waals surface area contributed by atoms with Crippen LogP contribution in [0.15, 0.2) is 29.2 Å². The van der Waals surface area contributed by atoms with Gasteiger partial charge in [0.2, 0.25) is 0 Å². The van der Waals surface area contributed by atoms with Crippen molar-refractivity contribution in [1.82, 2.24) is 5.32 Å². The van der Waals surface area contributed by atoms with Crippen LogP contribution in [-0.2, 0) is 0 Å². The molecule has 0 radical (unpaired) electrons. The third-order valence-corrected chi connectivity index (χ3v) is 5.18. The fourth-order valence-electron chi connectivity index (χ4n) is 2.34. The highest BCUT2D eigenvalue weighted by Gasteiger charge is 2.22. The van der Waals surface area contributed by atoms with Crippen molar-refractivity contribution in [1.29, 1.82) is 0 Å². The molecule has 1 saturated carbocycles. The number of hydrogen-bond acceptors (Lipinski definition) is 2. The molecule has 0 spiro atoms. The number of benzene rings is 1. The molecule has 0 aliphatic heterocycles. The second kappa shape index (κ2) is 7.96. The van der Waals surface area contributed by atoms with Gasteiger partial charge in [0.15, 0.2) is 0 Å². The minimum absolute atomic E-state index is 0.685. The van der Waals surface area contributed by atoms with Gasteiger partial charge in [0.05, 0.1) is 0 Å². The van der Waals surface area contributed by atoms with E-state index in [9.17, 15) is 0 Å². The molecule has 1 unspecified atom stereocenters. The normalized spacial score (nSPS) is 16.5. The van der Waals surface area contributed by atoms with Crippen LogP contribution < -0.4 is 5.32 Å².